The first kappa shape index (κ1) is 12.3. The van der Waals surface area contributed by atoms with Crippen molar-refractivity contribution >= 4 is 11.8 Å². The predicted molar refractivity (Wildman–Crippen MR) is 69.2 cm³/mol. The molecular weight excluding hydrogens is 230 g/mol. The van der Waals surface area contributed by atoms with Gasteiger partial charge in [-0.2, -0.15) is 10.1 Å². The summed E-state index contributed by atoms with van der Waals surface area (Å²) in [6, 6.07) is 3.73. The van der Waals surface area contributed by atoms with Gasteiger partial charge >= 0.3 is 0 Å². The molecule has 0 saturated heterocycles. The molecule has 6 nitrogen and oxygen atoms in total. The number of nitrogens with one attached hydrogen (secondary N) is 2. The predicted octanol–water partition coefficient (Wildman–Crippen LogP) is 2.14. The molecule has 0 aliphatic rings. The Hall–Kier alpha value is -2.11. The van der Waals surface area contributed by atoms with Crippen molar-refractivity contribution in [1.29, 1.82) is 0 Å². The highest BCUT2D eigenvalue weighted by molar-refractivity contribution is 5.36. The van der Waals surface area contributed by atoms with Crippen molar-refractivity contribution in [3.63, 3.8) is 0 Å². The second kappa shape index (κ2) is 6.00. The van der Waals surface area contributed by atoms with Crippen LogP contribution in [0.1, 0.15) is 19.6 Å². The number of rotatable bonds is 6. The van der Waals surface area contributed by atoms with Gasteiger partial charge in [-0.1, -0.05) is 13.8 Å². The Labute approximate surface area is 106 Å². The first-order valence-corrected chi connectivity index (χ1v) is 5.94. The van der Waals surface area contributed by atoms with Gasteiger partial charge in [0.1, 0.15) is 5.76 Å². The van der Waals surface area contributed by atoms with Gasteiger partial charge in [0, 0.05) is 6.54 Å². The van der Waals surface area contributed by atoms with Crippen LogP contribution in [0.15, 0.2) is 29.0 Å². The number of furan rings is 1. The Kier molecular flexibility index (Phi) is 4.11. The van der Waals surface area contributed by atoms with Gasteiger partial charge in [-0.15, -0.1) is 5.10 Å². The van der Waals surface area contributed by atoms with E-state index in [2.05, 4.69) is 39.7 Å². The number of nitrogens with zero attached hydrogens (tertiary/aromatic N) is 3. The molecule has 2 rings (SSSR count). The second-order valence-electron chi connectivity index (χ2n) is 4.37. The number of anilines is 2. The average molecular weight is 247 g/mol. The van der Waals surface area contributed by atoms with Crippen molar-refractivity contribution in [2.45, 2.75) is 20.4 Å². The van der Waals surface area contributed by atoms with E-state index >= 15 is 0 Å². The second-order valence-corrected chi connectivity index (χ2v) is 4.37. The maximum absolute atomic E-state index is 5.21. The van der Waals surface area contributed by atoms with Crippen LogP contribution in [-0.4, -0.2) is 21.7 Å². The molecule has 0 fully saturated rings. The summed E-state index contributed by atoms with van der Waals surface area (Å²) in [6.45, 7) is 5.67. The minimum Gasteiger partial charge on any atom is -0.467 e. The topological polar surface area (TPSA) is 75.9 Å². The van der Waals surface area contributed by atoms with E-state index in [4.69, 9.17) is 4.42 Å². The summed E-state index contributed by atoms with van der Waals surface area (Å²) in [5.41, 5.74) is 0. The Morgan fingerprint density at radius 2 is 2.22 bits per heavy atom. The average Bonchev–Trinajstić information content (AvgIpc) is 2.87. The van der Waals surface area contributed by atoms with E-state index in [0.717, 1.165) is 18.1 Å². The van der Waals surface area contributed by atoms with Crippen molar-refractivity contribution in [2.24, 2.45) is 5.92 Å². The Balaban J connectivity index is 1.90. The van der Waals surface area contributed by atoms with Gasteiger partial charge in [0.2, 0.25) is 5.95 Å². The Morgan fingerprint density at radius 3 is 2.94 bits per heavy atom. The molecule has 0 aliphatic heterocycles. The summed E-state index contributed by atoms with van der Waals surface area (Å²) in [5.74, 6) is 2.60. The SMILES string of the molecule is CC(C)CNc1cnnc(NCc2ccco2)n1. The molecule has 0 radical (unpaired) electrons. The molecule has 2 aromatic heterocycles. The van der Waals surface area contributed by atoms with E-state index < -0.39 is 0 Å². The molecule has 0 unspecified atom stereocenters. The van der Waals surface area contributed by atoms with Crippen LogP contribution in [0.4, 0.5) is 11.8 Å². The Morgan fingerprint density at radius 1 is 1.33 bits per heavy atom. The van der Waals surface area contributed by atoms with Gasteiger partial charge in [0.25, 0.3) is 0 Å². The van der Waals surface area contributed by atoms with Gasteiger partial charge in [-0.3, -0.25) is 0 Å². The van der Waals surface area contributed by atoms with Crippen LogP contribution in [-0.2, 0) is 6.54 Å². The highest BCUT2D eigenvalue weighted by Crippen LogP contribution is 2.07. The van der Waals surface area contributed by atoms with E-state index in [1.165, 1.54) is 0 Å². The molecule has 0 bridgehead atoms. The fourth-order valence-corrected chi connectivity index (χ4v) is 1.35. The van der Waals surface area contributed by atoms with Gasteiger partial charge in [-0.25, -0.2) is 0 Å². The zero-order valence-electron chi connectivity index (χ0n) is 10.6. The molecule has 2 N–H and O–H groups in total. The molecule has 0 spiro atoms. The third-order valence-corrected chi connectivity index (χ3v) is 2.25. The molecule has 0 saturated carbocycles. The summed E-state index contributed by atoms with van der Waals surface area (Å²) in [5, 5.41) is 14.1. The van der Waals surface area contributed by atoms with E-state index in [0.29, 0.717) is 18.4 Å². The van der Waals surface area contributed by atoms with Crippen LogP contribution in [0.2, 0.25) is 0 Å². The Bertz CT molecular complexity index is 469. The molecule has 18 heavy (non-hydrogen) atoms. The van der Waals surface area contributed by atoms with Gasteiger partial charge < -0.3 is 15.1 Å². The van der Waals surface area contributed by atoms with Crippen LogP contribution in [0.3, 0.4) is 0 Å². The first-order chi connectivity index (χ1) is 8.74. The highest BCUT2D eigenvalue weighted by Gasteiger charge is 2.02. The van der Waals surface area contributed by atoms with Crippen molar-refractivity contribution in [1.82, 2.24) is 15.2 Å². The van der Waals surface area contributed by atoms with Crippen molar-refractivity contribution in [3.05, 3.63) is 30.4 Å². The lowest BCUT2D eigenvalue weighted by Gasteiger charge is -2.08. The molecule has 2 aromatic rings. The number of hydrogen-bond donors (Lipinski definition) is 2. The fraction of sp³-hybridized carbons (Fsp3) is 0.417. The molecule has 96 valence electrons. The third-order valence-electron chi connectivity index (χ3n) is 2.25. The summed E-state index contributed by atoms with van der Waals surface area (Å²) in [7, 11) is 0. The van der Waals surface area contributed by atoms with Gasteiger partial charge in [0.05, 0.1) is 19.0 Å². The van der Waals surface area contributed by atoms with Crippen LogP contribution in [0.5, 0.6) is 0 Å². The number of hydrogen-bond acceptors (Lipinski definition) is 6. The smallest absolute Gasteiger partial charge is 0.245 e. The third kappa shape index (κ3) is 3.73. The zero-order valence-corrected chi connectivity index (χ0v) is 10.6. The lowest BCUT2D eigenvalue weighted by Crippen LogP contribution is -2.11. The van der Waals surface area contributed by atoms with E-state index in [1.807, 2.05) is 12.1 Å². The van der Waals surface area contributed by atoms with Crippen LogP contribution < -0.4 is 10.6 Å². The molecule has 0 amide bonds. The first-order valence-electron chi connectivity index (χ1n) is 5.94. The molecule has 6 heteroatoms. The summed E-state index contributed by atoms with van der Waals surface area (Å²) in [4.78, 5) is 4.31. The normalized spacial score (nSPS) is 10.6. The van der Waals surface area contributed by atoms with Crippen LogP contribution in [0, 0.1) is 5.92 Å². The standard InChI is InChI=1S/C12H17N5O/c1-9(2)6-13-11-8-15-17-12(16-11)14-7-10-4-3-5-18-10/h3-5,8-9H,6-7H2,1-2H3,(H2,13,14,16,17). The molecule has 0 atom stereocenters. The molecule has 2 heterocycles. The lowest BCUT2D eigenvalue weighted by atomic mass is 10.2. The molecule has 0 aliphatic carbocycles. The van der Waals surface area contributed by atoms with Crippen molar-refractivity contribution < 1.29 is 4.42 Å². The van der Waals surface area contributed by atoms with E-state index in [-0.39, 0.29) is 0 Å². The fourth-order valence-electron chi connectivity index (χ4n) is 1.35. The van der Waals surface area contributed by atoms with Crippen LogP contribution >= 0.6 is 0 Å². The molecular formula is C12H17N5O. The minimum atomic E-state index is 0.486. The minimum absolute atomic E-state index is 0.486. The zero-order chi connectivity index (χ0) is 12.8. The van der Waals surface area contributed by atoms with Crippen molar-refractivity contribution in [2.75, 3.05) is 17.2 Å². The van der Waals surface area contributed by atoms with E-state index in [9.17, 15) is 0 Å². The van der Waals surface area contributed by atoms with Crippen molar-refractivity contribution in [3.8, 4) is 0 Å². The summed E-state index contributed by atoms with van der Waals surface area (Å²) in [6.07, 6.45) is 3.25. The van der Waals surface area contributed by atoms with Crippen LogP contribution in [0.25, 0.3) is 0 Å². The van der Waals surface area contributed by atoms with Gasteiger partial charge in [0.15, 0.2) is 5.82 Å². The largest absolute Gasteiger partial charge is 0.467 e. The quantitative estimate of drug-likeness (QED) is 0.814. The highest BCUT2D eigenvalue weighted by atomic mass is 16.3. The maximum atomic E-state index is 5.21. The summed E-state index contributed by atoms with van der Waals surface area (Å²) >= 11 is 0. The summed E-state index contributed by atoms with van der Waals surface area (Å²) < 4.78 is 5.21. The monoisotopic (exact) mass is 247 g/mol. The molecule has 0 aromatic carbocycles. The number of aromatic nitrogens is 3. The van der Waals surface area contributed by atoms with E-state index in [1.54, 1.807) is 12.5 Å². The maximum Gasteiger partial charge on any atom is 0.245 e. The van der Waals surface area contributed by atoms with Gasteiger partial charge in [-0.05, 0) is 18.1 Å². The lowest BCUT2D eigenvalue weighted by molar-refractivity contribution is 0.517.